The average molecular weight is 294 g/mol. The van der Waals surface area contributed by atoms with Crippen LogP contribution in [0.15, 0.2) is 18.2 Å². The topological polar surface area (TPSA) is 64.8 Å². The fourth-order valence-electron chi connectivity index (χ4n) is 2.44. The van der Waals surface area contributed by atoms with Crippen LogP contribution in [0.3, 0.4) is 0 Å². The van der Waals surface area contributed by atoms with Crippen molar-refractivity contribution in [1.82, 2.24) is 4.90 Å². The molecule has 1 fully saturated rings. The summed E-state index contributed by atoms with van der Waals surface area (Å²) in [4.78, 5) is 14.6. The molecule has 6 heteroatoms. The van der Waals surface area contributed by atoms with Crippen molar-refractivity contribution < 1.29 is 14.3 Å². The van der Waals surface area contributed by atoms with Gasteiger partial charge in [-0.25, -0.2) is 0 Å². The zero-order chi connectivity index (χ0) is 14.7. The Kier molecular flexibility index (Phi) is 4.44. The standard InChI is InChI=1S/C14H18N2O3S/c1-18-11-6-5-9(8-12(11)19-2)14(17)16-7-3-4-10(16)13(15)20/h5-6,8,10H,3-4,7H2,1-2H3,(H2,15,20). The Labute approximate surface area is 123 Å². The number of hydrogen-bond acceptors (Lipinski definition) is 4. The lowest BCUT2D eigenvalue weighted by Crippen LogP contribution is -2.42. The summed E-state index contributed by atoms with van der Waals surface area (Å²) in [5.41, 5.74) is 6.25. The SMILES string of the molecule is COc1ccc(C(=O)N2CCCC2C(N)=S)cc1OC. The summed E-state index contributed by atoms with van der Waals surface area (Å²) in [6.07, 6.45) is 1.75. The average Bonchev–Trinajstić information content (AvgIpc) is 2.95. The number of ether oxygens (including phenoxy) is 2. The van der Waals surface area contributed by atoms with Crippen LogP contribution < -0.4 is 15.2 Å². The lowest BCUT2D eigenvalue weighted by Gasteiger charge is -2.24. The summed E-state index contributed by atoms with van der Waals surface area (Å²) >= 11 is 5.03. The molecule has 1 aromatic carbocycles. The summed E-state index contributed by atoms with van der Waals surface area (Å²) < 4.78 is 10.4. The number of carbonyl (C=O) groups excluding carboxylic acids is 1. The van der Waals surface area contributed by atoms with Gasteiger partial charge in [0.05, 0.1) is 25.2 Å². The van der Waals surface area contributed by atoms with E-state index in [1.807, 2.05) is 0 Å². The molecule has 1 unspecified atom stereocenters. The highest BCUT2D eigenvalue weighted by Gasteiger charge is 2.31. The second-order valence-corrected chi connectivity index (χ2v) is 5.10. The first-order chi connectivity index (χ1) is 9.58. The Morgan fingerprint density at radius 2 is 2.05 bits per heavy atom. The molecule has 1 saturated heterocycles. The van der Waals surface area contributed by atoms with Crippen molar-refractivity contribution in [3.63, 3.8) is 0 Å². The van der Waals surface area contributed by atoms with Crippen LogP contribution in [0.5, 0.6) is 11.5 Å². The summed E-state index contributed by atoms with van der Waals surface area (Å²) in [7, 11) is 3.10. The maximum absolute atomic E-state index is 12.5. The van der Waals surface area contributed by atoms with Crippen LogP contribution in [0, 0.1) is 0 Å². The lowest BCUT2D eigenvalue weighted by atomic mass is 10.1. The maximum atomic E-state index is 12.5. The van der Waals surface area contributed by atoms with E-state index in [4.69, 9.17) is 27.4 Å². The quantitative estimate of drug-likeness (QED) is 0.854. The van der Waals surface area contributed by atoms with Gasteiger partial charge in [0.2, 0.25) is 0 Å². The van der Waals surface area contributed by atoms with Crippen molar-refractivity contribution in [2.45, 2.75) is 18.9 Å². The van der Waals surface area contributed by atoms with Gasteiger partial charge in [-0.2, -0.15) is 0 Å². The zero-order valence-electron chi connectivity index (χ0n) is 11.6. The first kappa shape index (κ1) is 14.6. The first-order valence-electron chi connectivity index (χ1n) is 6.40. The van der Waals surface area contributed by atoms with Gasteiger partial charge in [0.1, 0.15) is 0 Å². The highest BCUT2D eigenvalue weighted by Crippen LogP contribution is 2.29. The Bertz CT molecular complexity index is 533. The Hall–Kier alpha value is -1.82. The molecule has 1 amide bonds. The third-order valence-electron chi connectivity index (χ3n) is 3.47. The minimum Gasteiger partial charge on any atom is -0.493 e. The number of hydrogen-bond donors (Lipinski definition) is 1. The van der Waals surface area contributed by atoms with Crippen LogP contribution in [-0.4, -0.2) is 42.6 Å². The van der Waals surface area contributed by atoms with E-state index < -0.39 is 0 Å². The minimum absolute atomic E-state index is 0.0822. The van der Waals surface area contributed by atoms with Crippen molar-refractivity contribution >= 4 is 23.1 Å². The van der Waals surface area contributed by atoms with Crippen LogP contribution in [0.4, 0.5) is 0 Å². The molecule has 1 aliphatic heterocycles. The summed E-state index contributed by atoms with van der Waals surface area (Å²) in [6.45, 7) is 0.676. The van der Waals surface area contributed by atoms with Crippen molar-refractivity contribution in [1.29, 1.82) is 0 Å². The van der Waals surface area contributed by atoms with Crippen molar-refractivity contribution in [3.8, 4) is 11.5 Å². The fraction of sp³-hybridized carbons (Fsp3) is 0.429. The molecule has 0 aliphatic carbocycles. The van der Waals surface area contributed by atoms with E-state index in [0.717, 1.165) is 12.8 Å². The molecule has 108 valence electrons. The van der Waals surface area contributed by atoms with Crippen LogP contribution in [0.2, 0.25) is 0 Å². The molecular weight excluding hydrogens is 276 g/mol. The van der Waals surface area contributed by atoms with Gasteiger partial charge in [-0.3, -0.25) is 4.79 Å². The van der Waals surface area contributed by atoms with Crippen LogP contribution in [-0.2, 0) is 0 Å². The molecule has 1 atom stereocenters. The number of nitrogens with zero attached hydrogens (tertiary/aromatic N) is 1. The van der Waals surface area contributed by atoms with Gasteiger partial charge in [0.15, 0.2) is 11.5 Å². The number of thiocarbonyl (C=S) groups is 1. The number of rotatable bonds is 4. The van der Waals surface area contributed by atoms with E-state index in [0.29, 0.717) is 28.6 Å². The number of carbonyl (C=O) groups is 1. The molecule has 0 bridgehead atoms. The van der Waals surface area contributed by atoms with Gasteiger partial charge < -0.3 is 20.1 Å². The van der Waals surface area contributed by atoms with E-state index in [2.05, 4.69) is 0 Å². The van der Waals surface area contributed by atoms with Crippen LogP contribution in [0.1, 0.15) is 23.2 Å². The fourth-order valence-corrected chi connectivity index (χ4v) is 2.69. The third-order valence-corrected chi connectivity index (χ3v) is 3.74. The first-order valence-corrected chi connectivity index (χ1v) is 6.81. The molecule has 0 saturated carbocycles. The molecular formula is C14H18N2O3S. The maximum Gasteiger partial charge on any atom is 0.254 e. The number of likely N-dealkylation sites (tertiary alicyclic amines) is 1. The lowest BCUT2D eigenvalue weighted by molar-refractivity contribution is 0.0770. The third kappa shape index (κ3) is 2.70. The second kappa shape index (κ2) is 6.09. The van der Waals surface area contributed by atoms with Gasteiger partial charge >= 0.3 is 0 Å². The molecule has 1 heterocycles. The Morgan fingerprint density at radius 3 is 2.65 bits per heavy atom. The summed E-state index contributed by atoms with van der Waals surface area (Å²) in [5, 5.41) is 0. The second-order valence-electron chi connectivity index (χ2n) is 4.63. The molecule has 2 rings (SSSR count). The van der Waals surface area contributed by atoms with Crippen LogP contribution >= 0.6 is 12.2 Å². The van der Waals surface area contributed by atoms with E-state index in [1.165, 1.54) is 0 Å². The number of methoxy groups -OCH3 is 2. The molecule has 1 aliphatic rings. The number of amides is 1. The number of nitrogens with two attached hydrogens (primary N) is 1. The predicted molar refractivity (Wildman–Crippen MR) is 80.4 cm³/mol. The largest absolute Gasteiger partial charge is 0.493 e. The monoisotopic (exact) mass is 294 g/mol. The molecule has 2 N–H and O–H groups in total. The van der Waals surface area contributed by atoms with Gasteiger partial charge in [-0.1, -0.05) is 12.2 Å². The van der Waals surface area contributed by atoms with Crippen molar-refractivity contribution in [2.24, 2.45) is 5.73 Å². The predicted octanol–water partition coefficient (Wildman–Crippen LogP) is 1.59. The van der Waals surface area contributed by atoms with Crippen LogP contribution in [0.25, 0.3) is 0 Å². The van der Waals surface area contributed by atoms with E-state index in [-0.39, 0.29) is 11.9 Å². The van der Waals surface area contributed by atoms with Crippen molar-refractivity contribution in [3.05, 3.63) is 23.8 Å². The van der Waals surface area contributed by atoms with Gasteiger partial charge in [-0.15, -0.1) is 0 Å². The van der Waals surface area contributed by atoms with Gasteiger partial charge in [0.25, 0.3) is 5.91 Å². The number of benzene rings is 1. The van der Waals surface area contributed by atoms with Crippen molar-refractivity contribution in [2.75, 3.05) is 20.8 Å². The van der Waals surface area contributed by atoms with E-state index in [9.17, 15) is 4.79 Å². The highest BCUT2D eigenvalue weighted by molar-refractivity contribution is 7.80. The molecule has 0 spiro atoms. The van der Waals surface area contributed by atoms with E-state index >= 15 is 0 Å². The van der Waals surface area contributed by atoms with Gasteiger partial charge in [0, 0.05) is 12.1 Å². The van der Waals surface area contributed by atoms with E-state index in [1.54, 1.807) is 37.3 Å². The Balaban J connectivity index is 2.27. The minimum atomic E-state index is -0.148. The smallest absolute Gasteiger partial charge is 0.254 e. The normalized spacial score (nSPS) is 17.9. The summed E-state index contributed by atoms with van der Waals surface area (Å²) in [6, 6.07) is 4.97. The molecule has 0 radical (unpaired) electrons. The molecule has 1 aromatic rings. The van der Waals surface area contributed by atoms with Gasteiger partial charge in [-0.05, 0) is 31.0 Å². The summed E-state index contributed by atoms with van der Waals surface area (Å²) in [5.74, 6) is 1.04. The molecule has 20 heavy (non-hydrogen) atoms. The zero-order valence-corrected chi connectivity index (χ0v) is 12.4. The molecule has 0 aromatic heterocycles. The Morgan fingerprint density at radius 1 is 1.35 bits per heavy atom. The highest BCUT2D eigenvalue weighted by atomic mass is 32.1. The molecule has 5 nitrogen and oxygen atoms in total.